The molecule has 0 fully saturated rings. The second-order valence-electron chi connectivity index (χ2n) is 10.3. The van der Waals surface area contributed by atoms with Gasteiger partial charge in [-0.05, 0) is 62.8 Å². The smallest absolute Gasteiger partial charge is 0.313 e. The molecule has 0 N–H and O–H groups in total. The van der Waals surface area contributed by atoms with E-state index in [0.29, 0.717) is 26.1 Å². The summed E-state index contributed by atoms with van der Waals surface area (Å²) in [5, 5.41) is 0. The highest BCUT2D eigenvalue weighted by Gasteiger charge is 2.36. The van der Waals surface area contributed by atoms with Crippen molar-refractivity contribution in [2.24, 2.45) is 11.8 Å². The second kappa shape index (κ2) is 14.1. The van der Waals surface area contributed by atoms with E-state index >= 15 is 0 Å². The van der Waals surface area contributed by atoms with Crippen LogP contribution in [-0.2, 0) is 37.0 Å². The van der Waals surface area contributed by atoms with Crippen LogP contribution in [0.2, 0.25) is 0 Å². The summed E-state index contributed by atoms with van der Waals surface area (Å²) in [7, 11) is 0. The van der Waals surface area contributed by atoms with Crippen LogP contribution in [0.1, 0.15) is 58.6 Å². The summed E-state index contributed by atoms with van der Waals surface area (Å²) in [6.45, 7) is 10.2. The summed E-state index contributed by atoms with van der Waals surface area (Å²) in [6, 6.07) is 19.8. The Balaban J connectivity index is 1.96. The van der Waals surface area contributed by atoms with Gasteiger partial charge in [-0.15, -0.1) is 5.73 Å². The van der Waals surface area contributed by atoms with Crippen LogP contribution < -0.4 is 0 Å². The van der Waals surface area contributed by atoms with E-state index in [4.69, 9.17) is 14.2 Å². The Labute approximate surface area is 227 Å². The van der Waals surface area contributed by atoms with Crippen molar-refractivity contribution < 1.29 is 23.8 Å². The predicted octanol–water partition coefficient (Wildman–Crippen LogP) is 6.77. The van der Waals surface area contributed by atoms with Crippen molar-refractivity contribution in [1.29, 1.82) is 0 Å². The molecule has 0 amide bonds. The summed E-state index contributed by atoms with van der Waals surface area (Å²) >= 11 is 0. The molecule has 0 radical (unpaired) electrons. The first-order valence-corrected chi connectivity index (χ1v) is 13.4. The van der Waals surface area contributed by atoms with Crippen LogP contribution in [0.4, 0.5) is 0 Å². The van der Waals surface area contributed by atoms with Gasteiger partial charge in [0.05, 0.1) is 25.2 Å². The van der Waals surface area contributed by atoms with E-state index in [1.807, 2.05) is 87.5 Å². The maximum absolute atomic E-state index is 13.5. The van der Waals surface area contributed by atoms with E-state index in [1.165, 1.54) is 6.08 Å². The fraction of sp³-hybridized carbons (Fsp3) is 0.424. The monoisotopic (exact) mass is 516 g/mol. The molecule has 5 nitrogen and oxygen atoms in total. The first-order chi connectivity index (χ1) is 18.2. The topological polar surface area (TPSA) is 61.8 Å². The molecule has 2 aromatic rings. The van der Waals surface area contributed by atoms with Crippen LogP contribution in [0.15, 0.2) is 90.2 Å². The van der Waals surface area contributed by atoms with Gasteiger partial charge in [0.15, 0.2) is 5.78 Å². The molecule has 0 bridgehead atoms. The first-order valence-electron chi connectivity index (χ1n) is 13.4. The highest BCUT2D eigenvalue weighted by atomic mass is 16.5. The summed E-state index contributed by atoms with van der Waals surface area (Å²) in [5.74, 6) is -1.21. The molecule has 1 aliphatic rings. The number of cyclic esters (lactones) is 1. The third kappa shape index (κ3) is 8.39. The molecule has 38 heavy (non-hydrogen) atoms. The van der Waals surface area contributed by atoms with E-state index in [0.717, 1.165) is 16.7 Å². The average molecular weight is 517 g/mol. The van der Waals surface area contributed by atoms with Crippen LogP contribution in [0.3, 0.4) is 0 Å². The van der Waals surface area contributed by atoms with Crippen molar-refractivity contribution in [2.75, 3.05) is 0 Å². The van der Waals surface area contributed by atoms with Gasteiger partial charge in [-0.25, -0.2) is 0 Å². The Kier molecular flexibility index (Phi) is 10.8. The molecule has 0 spiro atoms. The van der Waals surface area contributed by atoms with Gasteiger partial charge in [-0.3, -0.25) is 9.59 Å². The molecule has 5 heteroatoms. The Morgan fingerprint density at radius 3 is 2.18 bits per heavy atom. The van der Waals surface area contributed by atoms with Gasteiger partial charge in [0.2, 0.25) is 0 Å². The van der Waals surface area contributed by atoms with Crippen LogP contribution in [0.5, 0.6) is 0 Å². The van der Waals surface area contributed by atoms with Gasteiger partial charge in [0.25, 0.3) is 0 Å². The number of ketones is 1. The van der Waals surface area contributed by atoms with Gasteiger partial charge in [-0.2, -0.15) is 0 Å². The highest BCUT2D eigenvalue weighted by molar-refractivity contribution is 5.97. The Morgan fingerprint density at radius 2 is 1.58 bits per heavy atom. The fourth-order valence-corrected chi connectivity index (χ4v) is 4.44. The van der Waals surface area contributed by atoms with E-state index in [1.54, 1.807) is 13.0 Å². The zero-order valence-corrected chi connectivity index (χ0v) is 23.2. The van der Waals surface area contributed by atoms with Gasteiger partial charge < -0.3 is 14.2 Å². The van der Waals surface area contributed by atoms with Crippen LogP contribution >= 0.6 is 0 Å². The zero-order valence-electron chi connectivity index (χ0n) is 23.2. The standard InChI is InChI=1S/C33H40O5/c1-6-29-24(2)17-19-30(36-22-27-13-9-7-10-14-27)26(4)21-33(5,37-23-28-15-11-8-12-16-28)31(34)20-18-25(3)32(35)38-29/h7-16,18-20,25-26,29-30H,6,21-23H2,1-5H3/b20-18+/t17?,25-,26+,29?,30-,33?/m1/s1. The van der Waals surface area contributed by atoms with Crippen LogP contribution in [0, 0.1) is 11.8 Å². The molecule has 2 aromatic carbocycles. The third-order valence-electron chi connectivity index (χ3n) is 6.97. The SMILES string of the molecule is CCC1OC(=O)[C@H](C)/C=C/C(=O)C(C)(OCc2ccccc2)C[C@H](C)[C@H](OCc2ccccc2)C=C=C1C. The molecule has 1 aliphatic heterocycles. The van der Waals surface area contributed by atoms with Crippen LogP contribution in [-0.4, -0.2) is 29.6 Å². The maximum atomic E-state index is 13.5. The van der Waals surface area contributed by atoms with Crippen molar-refractivity contribution in [3.05, 3.63) is 101 Å². The number of carbonyl (C=O) groups excluding carboxylic acids is 2. The average Bonchev–Trinajstić information content (AvgIpc) is 2.93. The number of hydrogen-bond donors (Lipinski definition) is 0. The summed E-state index contributed by atoms with van der Waals surface area (Å²) in [6.07, 6.45) is 5.30. The minimum atomic E-state index is -1.12. The molecule has 1 heterocycles. The van der Waals surface area contributed by atoms with Crippen molar-refractivity contribution in [2.45, 2.75) is 78.5 Å². The molecule has 2 unspecified atom stereocenters. The van der Waals surface area contributed by atoms with Crippen molar-refractivity contribution in [3.8, 4) is 0 Å². The van der Waals surface area contributed by atoms with Gasteiger partial charge >= 0.3 is 5.97 Å². The lowest BCUT2D eigenvalue weighted by Crippen LogP contribution is -2.41. The molecule has 0 aromatic heterocycles. The van der Waals surface area contributed by atoms with Crippen LogP contribution in [0.25, 0.3) is 0 Å². The van der Waals surface area contributed by atoms with E-state index in [2.05, 4.69) is 12.7 Å². The lowest BCUT2D eigenvalue weighted by atomic mass is 9.85. The number of benzene rings is 2. The fourth-order valence-electron chi connectivity index (χ4n) is 4.44. The van der Waals surface area contributed by atoms with Gasteiger partial charge in [0, 0.05) is 5.57 Å². The number of rotatable bonds is 7. The molecule has 3 rings (SSSR count). The lowest BCUT2D eigenvalue weighted by molar-refractivity contribution is -0.150. The Hall–Kier alpha value is -3.24. The first kappa shape index (κ1) is 29.3. The predicted molar refractivity (Wildman–Crippen MR) is 149 cm³/mol. The van der Waals surface area contributed by atoms with Gasteiger partial charge in [0.1, 0.15) is 11.7 Å². The molecule has 202 valence electrons. The zero-order chi connectivity index (χ0) is 27.5. The molecule has 5 atom stereocenters. The van der Waals surface area contributed by atoms with E-state index in [-0.39, 0.29) is 23.8 Å². The quantitative estimate of drug-likeness (QED) is 0.300. The summed E-state index contributed by atoms with van der Waals surface area (Å²) in [4.78, 5) is 26.3. The Morgan fingerprint density at radius 1 is 0.974 bits per heavy atom. The second-order valence-corrected chi connectivity index (χ2v) is 10.3. The van der Waals surface area contributed by atoms with Crippen molar-refractivity contribution in [1.82, 2.24) is 0 Å². The number of hydrogen-bond acceptors (Lipinski definition) is 5. The molecular formula is C33H40O5. The molecule has 0 saturated heterocycles. The van der Waals surface area contributed by atoms with Crippen molar-refractivity contribution >= 4 is 11.8 Å². The highest BCUT2D eigenvalue weighted by Crippen LogP contribution is 2.29. The summed E-state index contributed by atoms with van der Waals surface area (Å²) in [5.41, 5.74) is 5.08. The molecule has 0 saturated carbocycles. The normalized spacial score (nSPS) is 27.8. The van der Waals surface area contributed by atoms with E-state index < -0.39 is 17.6 Å². The minimum absolute atomic E-state index is 0.0693. The largest absolute Gasteiger partial charge is 0.457 e. The molecular weight excluding hydrogens is 476 g/mol. The van der Waals surface area contributed by atoms with Gasteiger partial charge in [-0.1, -0.05) is 80.6 Å². The molecule has 0 aliphatic carbocycles. The van der Waals surface area contributed by atoms with E-state index in [9.17, 15) is 9.59 Å². The number of esters is 1. The number of carbonyl (C=O) groups is 2. The third-order valence-corrected chi connectivity index (χ3v) is 6.97. The lowest BCUT2D eigenvalue weighted by Gasteiger charge is -2.33. The Bertz CT molecular complexity index is 1150. The maximum Gasteiger partial charge on any atom is 0.313 e. The summed E-state index contributed by atoms with van der Waals surface area (Å²) < 4.78 is 18.4. The minimum Gasteiger partial charge on any atom is -0.457 e. The number of ether oxygens (including phenoxy) is 3. The van der Waals surface area contributed by atoms with Crippen molar-refractivity contribution in [3.63, 3.8) is 0 Å².